The number of thiazole rings is 1. The molecule has 0 amide bonds. The number of aromatic nitrogens is 3. The summed E-state index contributed by atoms with van der Waals surface area (Å²) in [4.78, 5) is 18.6. The van der Waals surface area contributed by atoms with E-state index in [0.717, 1.165) is 16.3 Å². The molecule has 27 heavy (non-hydrogen) atoms. The summed E-state index contributed by atoms with van der Waals surface area (Å²) < 4.78 is 12.8. The molecule has 9 nitrogen and oxygen atoms in total. The topological polar surface area (TPSA) is 116 Å². The lowest BCUT2D eigenvalue weighted by atomic mass is 10.1. The van der Waals surface area contributed by atoms with E-state index in [-0.39, 0.29) is 24.5 Å². The first-order valence-corrected chi connectivity index (χ1v) is 8.91. The van der Waals surface area contributed by atoms with E-state index < -0.39 is 4.92 Å². The summed E-state index contributed by atoms with van der Waals surface area (Å²) >= 11 is 1.50. The average molecular weight is 383 g/mol. The smallest absolute Gasteiger partial charge is 0.414 e. The molecule has 0 unspecified atom stereocenters. The van der Waals surface area contributed by atoms with Crippen molar-refractivity contribution in [3.63, 3.8) is 0 Å². The molecule has 1 aromatic carbocycles. The quantitative estimate of drug-likeness (QED) is 0.491. The Labute approximate surface area is 157 Å². The van der Waals surface area contributed by atoms with Crippen molar-refractivity contribution in [2.24, 2.45) is 0 Å². The molecule has 0 N–H and O–H groups in total. The maximum absolute atomic E-state index is 10.8. The summed E-state index contributed by atoms with van der Waals surface area (Å²) in [7, 11) is 0. The average Bonchev–Trinajstić information content (AvgIpc) is 3.33. The van der Waals surface area contributed by atoms with E-state index in [9.17, 15) is 10.1 Å². The summed E-state index contributed by atoms with van der Waals surface area (Å²) in [6.45, 7) is 1.02. The number of hydrogen-bond acceptors (Lipinski definition) is 8. The maximum atomic E-state index is 10.8. The first kappa shape index (κ1) is 17.1. The van der Waals surface area contributed by atoms with E-state index in [1.54, 1.807) is 16.7 Å². The van der Waals surface area contributed by atoms with Crippen molar-refractivity contribution in [1.29, 1.82) is 5.26 Å². The van der Waals surface area contributed by atoms with Gasteiger partial charge in [0, 0.05) is 15.9 Å². The van der Waals surface area contributed by atoms with E-state index in [1.807, 2.05) is 17.5 Å². The SMILES string of the molecule is N#Cc1ccc(-c2nc(CO[C@@H]3COc4nc([N+](=O)[O-])cn4C3)cs2)cc1. The predicted octanol–water partition coefficient (Wildman–Crippen LogP) is 2.76. The van der Waals surface area contributed by atoms with Crippen LogP contribution < -0.4 is 4.74 Å². The lowest BCUT2D eigenvalue weighted by molar-refractivity contribution is -0.389. The largest absolute Gasteiger partial charge is 0.443 e. The van der Waals surface area contributed by atoms with Gasteiger partial charge in [-0.3, -0.25) is 4.57 Å². The van der Waals surface area contributed by atoms with E-state index in [1.165, 1.54) is 17.5 Å². The minimum Gasteiger partial charge on any atom is -0.443 e. The van der Waals surface area contributed by atoms with Crippen molar-refractivity contribution in [3.8, 4) is 22.7 Å². The highest BCUT2D eigenvalue weighted by Crippen LogP contribution is 2.26. The molecule has 0 saturated carbocycles. The third kappa shape index (κ3) is 3.64. The molecule has 1 aliphatic heterocycles. The molecule has 0 aliphatic carbocycles. The molecular weight excluding hydrogens is 370 g/mol. The lowest BCUT2D eigenvalue weighted by Crippen LogP contribution is -2.32. The molecule has 3 heterocycles. The van der Waals surface area contributed by atoms with Gasteiger partial charge in [0.05, 0.1) is 30.5 Å². The summed E-state index contributed by atoms with van der Waals surface area (Å²) in [5.41, 5.74) is 2.35. The van der Waals surface area contributed by atoms with E-state index in [2.05, 4.69) is 16.0 Å². The second kappa shape index (κ2) is 7.14. The minimum absolute atomic E-state index is 0.235. The van der Waals surface area contributed by atoms with Crippen LogP contribution in [0.1, 0.15) is 11.3 Å². The van der Waals surface area contributed by atoms with Gasteiger partial charge < -0.3 is 19.6 Å². The first-order chi connectivity index (χ1) is 13.1. The number of rotatable bonds is 5. The maximum Gasteiger partial charge on any atom is 0.414 e. The number of nitrogens with zero attached hydrogens (tertiary/aromatic N) is 5. The van der Waals surface area contributed by atoms with Crippen molar-refractivity contribution in [2.75, 3.05) is 6.61 Å². The zero-order valence-corrected chi connectivity index (χ0v) is 14.8. The van der Waals surface area contributed by atoms with Crippen LogP contribution in [0.3, 0.4) is 0 Å². The summed E-state index contributed by atoms with van der Waals surface area (Å²) in [6.07, 6.45) is 1.10. The Morgan fingerprint density at radius 1 is 1.41 bits per heavy atom. The van der Waals surface area contributed by atoms with E-state index in [0.29, 0.717) is 18.7 Å². The van der Waals surface area contributed by atoms with Crippen molar-refractivity contribution in [1.82, 2.24) is 14.5 Å². The molecule has 0 spiro atoms. The first-order valence-electron chi connectivity index (χ1n) is 8.03. The van der Waals surface area contributed by atoms with E-state index >= 15 is 0 Å². The van der Waals surface area contributed by atoms with Crippen molar-refractivity contribution < 1.29 is 14.4 Å². The van der Waals surface area contributed by atoms with Gasteiger partial charge in [-0.1, -0.05) is 12.1 Å². The van der Waals surface area contributed by atoms with Crippen molar-refractivity contribution in [3.05, 3.63) is 57.2 Å². The minimum atomic E-state index is -0.551. The molecule has 0 fully saturated rings. The van der Waals surface area contributed by atoms with Gasteiger partial charge in [-0.05, 0) is 17.1 Å². The molecule has 0 bridgehead atoms. The fourth-order valence-corrected chi connectivity index (χ4v) is 3.47. The van der Waals surface area contributed by atoms with Gasteiger partial charge in [0.1, 0.15) is 23.9 Å². The van der Waals surface area contributed by atoms with Crippen molar-refractivity contribution >= 4 is 17.2 Å². The Morgan fingerprint density at radius 2 is 2.22 bits per heavy atom. The fraction of sp³-hybridized carbons (Fsp3) is 0.235. The Kier molecular flexibility index (Phi) is 4.53. The highest BCUT2D eigenvalue weighted by atomic mass is 32.1. The van der Waals surface area contributed by atoms with Gasteiger partial charge in [0.2, 0.25) is 0 Å². The van der Waals surface area contributed by atoms with Gasteiger partial charge in [-0.15, -0.1) is 11.3 Å². The lowest BCUT2D eigenvalue weighted by Gasteiger charge is -2.21. The van der Waals surface area contributed by atoms with E-state index in [4.69, 9.17) is 14.7 Å². The second-order valence-corrected chi connectivity index (χ2v) is 6.73. The summed E-state index contributed by atoms with van der Waals surface area (Å²) in [6, 6.07) is 9.57. The number of ether oxygens (including phenoxy) is 2. The highest BCUT2D eigenvalue weighted by molar-refractivity contribution is 7.13. The fourth-order valence-electron chi connectivity index (χ4n) is 2.66. The number of nitriles is 1. The van der Waals surface area contributed by atoms with Gasteiger partial charge in [-0.25, -0.2) is 4.98 Å². The Morgan fingerprint density at radius 3 is 2.96 bits per heavy atom. The van der Waals surface area contributed by atoms with Gasteiger partial charge in [0.15, 0.2) is 0 Å². The molecule has 0 saturated heterocycles. The van der Waals surface area contributed by atoms with Gasteiger partial charge in [-0.2, -0.15) is 5.26 Å². The second-order valence-electron chi connectivity index (χ2n) is 5.87. The zero-order chi connectivity index (χ0) is 18.8. The number of hydrogen-bond donors (Lipinski definition) is 0. The number of fused-ring (bicyclic) bond motifs is 1. The zero-order valence-electron chi connectivity index (χ0n) is 13.9. The monoisotopic (exact) mass is 383 g/mol. The molecular formula is C17H13N5O4S. The van der Waals surface area contributed by atoms with Crippen LogP contribution in [0.4, 0.5) is 5.82 Å². The van der Waals surface area contributed by atoms with Crippen LogP contribution in [0, 0.1) is 21.4 Å². The molecule has 10 heteroatoms. The molecule has 3 aromatic rings. The third-order valence-electron chi connectivity index (χ3n) is 3.99. The van der Waals surface area contributed by atoms with Crippen LogP contribution in [0.15, 0.2) is 35.8 Å². The summed E-state index contributed by atoms with van der Waals surface area (Å²) in [5.74, 6) is -0.239. The Hall–Kier alpha value is -3.29. The molecule has 1 atom stereocenters. The van der Waals surface area contributed by atoms with Gasteiger partial charge >= 0.3 is 11.8 Å². The molecule has 136 valence electrons. The number of benzene rings is 1. The van der Waals surface area contributed by atoms with Crippen LogP contribution in [0.5, 0.6) is 6.01 Å². The molecule has 0 radical (unpaired) electrons. The van der Waals surface area contributed by atoms with Crippen LogP contribution in [-0.2, 0) is 17.9 Å². The highest BCUT2D eigenvalue weighted by Gasteiger charge is 2.28. The van der Waals surface area contributed by atoms with Crippen LogP contribution in [0.25, 0.3) is 10.6 Å². The van der Waals surface area contributed by atoms with Gasteiger partial charge in [0.25, 0.3) is 0 Å². The summed E-state index contributed by atoms with van der Waals surface area (Å²) in [5, 5.41) is 22.4. The standard InChI is InChI=1S/C17H13N5O4S/c18-5-11-1-3-12(4-2-11)16-19-13(10-27-16)8-25-14-6-21-7-15(22(23)24)20-17(21)26-9-14/h1-4,7,10,14H,6,8-9H2/t14-/m0/s1. The van der Waals surface area contributed by atoms with Crippen molar-refractivity contribution in [2.45, 2.75) is 19.3 Å². The third-order valence-corrected chi connectivity index (χ3v) is 4.93. The van der Waals surface area contributed by atoms with Crippen LogP contribution in [-0.4, -0.2) is 32.2 Å². The number of nitro groups is 1. The molecule has 1 aliphatic rings. The Balaban J connectivity index is 1.37. The van der Waals surface area contributed by atoms with Crippen LogP contribution >= 0.6 is 11.3 Å². The van der Waals surface area contributed by atoms with Crippen LogP contribution in [0.2, 0.25) is 0 Å². The number of imidazole rings is 1. The molecule has 4 rings (SSSR count). The predicted molar refractivity (Wildman–Crippen MR) is 95.2 cm³/mol. The normalized spacial score (nSPS) is 15.6. The Bertz CT molecular complexity index is 1020. The molecule has 2 aromatic heterocycles.